The van der Waals surface area contributed by atoms with Gasteiger partial charge in [-0.15, -0.1) is 0 Å². The Bertz CT molecular complexity index is 4490. The molecule has 12 rings (SSSR count). The molecule has 2 atom stereocenters. The number of benzene rings is 4. The van der Waals surface area contributed by atoms with Gasteiger partial charge in [0.2, 0.25) is 23.4 Å². The van der Waals surface area contributed by atoms with Gasteiger partial charge in [-0.1, -0.05) is 13.8 Å². The van der Waals surface area contributed by atoms with Gasteiger partial charge in [-0.2, -0.15) is 22.0 Å². The van der Waals surface area contributed by atoms with Crippen LogP contribution in [0.3, 0.4) is 0 Å². The number of imidazole rings is 2. The molecule has 4 amide bonds. The standard InChI is InChI=1S/2C37H44F2N8O5.C2HF3O2.CH2O2/c2*1-5-23-16-25(44-33-34-42-20-29(46(34)13-12-41-33)27-8-9-30(51-3)32(39)31(27)38)6-7-26(23)36(49)45-28(37(50)52-4)19-43-35(48)24-10-14-47(2,15-11-24)21-22-17-40-18-22;3-2(4,5)1(6)7;2-1-3/h2*6-9,12-13,16,20,22,24,28,40H,5,10-11,14-15,17-19,21H2,1-4H3,(H2-,41,43,44,45,48,49);(H,6,7);1H,(H,2,3)/t2*24?,28-,47?;;/m00../s1. The highest BCUT2D eigenvalue weighted by molar-refractivity contribution is 6.00. The molecule has 37 heteroatoms. The lowest BCUT2D eigenvalue weighted by Crippen LogP contribution is -2.59. The van der Waals surface area contributed by atoms with E-state index in [1.165, 1.54) is 77.5 Å². The molecule has 4 aliphatic rings. The van der Waals surface area contributed by atoms with Crippen LogP contribution in [-0.4, -0.2) is 225 Å². The van der Waals surface area contributed by atoms with Gasteiger partial charge in [-0.05, 0) is 84.6 Å². The van der Waals surface area contributed by atoms with Crippen LogP contribution in [-0.2, 0) is 51.1 Å². The summed E-state index contributed by atoms with van der Waals surface area (Å²) < 4.78 is 115. The van der Waals surface area contributed by atoms with Crippen molar-refractivity contribution in [2.45, 2.75) is 70.6 Å². The van der Waals surface area contributed by atoms with Crippen LogP contribution in [0.1, 0.15) is 71.4 Å². The molecule has 30 nitrogen and oxygen atoms in total. The zero-order valence-electron chi connectivity index (χ0n) is 63.9. The summed E-state index contributed by atoms with van der Waals surface area (Å²) in [6.07, 6.45) is 7.90. The van der Waals surface area contributed by atoms with Gasteiger partial charge in [-0.25, -0.2) is 38.3 Å². The number of aliphatic carboxylic acids is 1. The highest BCUT2D eigenvalue weighted by atomic mass is 19.4. The fraction of sp³-hybridized carbons (Fsp3) is 0.429. The van der Waals surface area contributed by atoms with Crippen LogP contribution in [0.5, 0.6) is 11.5 Å². The quantitative estimate of drug-likeness (QED) is 0.0159. The summed E-state index contributed by atoms with van der Waals surface area (Å²) in [4.78, 5) is 113. The van der Waals surface area contributed by atoms with Crippen molar-refractivity contribution in [2.24, 2.45) is 23.7 Å². The summed E-state index contributed by atoms with van der Waals surface area (Å²) in [5.74, 6) is -8.50. The number of carbonyl (C=O) groups excluding carboxylic acids is 8. The fourth-order valence-corrected chi connectivity index (χ4v) is 14.1. The molecule has 4 aromatic carbocycles. The number of halogens is 7. The first-order chi connectivity index (χ1) is 54.4. The number of quaternary nitrogens is 2. The van der Waals surface area contributed by atoms with E-state index in [1.54, 1.807) is 57.6 Å². The Morgan fingerprint density at radius 3 is 1.25 bits per heavy atom. The van der Waals surface area contributed by atoms with Gasteiger partial charge >= 0.3 is 18.1 Å². The molecule has 612 valence electrons. The molecule has 8 N–H and O–H groups in total. The van der Waals surface area contributed by atoms with E-state index in [1.807, 2.05) is 13.8 Å². The number of likely N-dealkylation sites (tertiary alicyclic amines) is 2. The normalized spacial score (nSPS) is 18.5. The van der Waals surface area contributed by atoms with Gasteiger partial charge < -0.3 is 90.2 Å². The summed E-state index contributed by atoms with van der Waals surface area (Å²) >= 11 is 0. The number of carboxylic acid groups (broad SMARTS) is 2. The second-order valence-corrected chi connectivity index (χ2v) is 28.4. The Labute approximate surface area is 651 Å². The van der Waals surface area contributed by atoms with Crippen molar-refractivity contribution in [1.29, 1.82) is 0 Å². The third kappa shape index (κ3) is 21.2. The lowest BCUT2D eigenvalue weighted by atomic mass is 9.92. The first-order valence-corrected chi connectivity index (χ1v) is 36.7. The van der Waals surface area contributed by atoms with Crippen LogP contribution < -0.4 is 62.2 Å². The molecule has 0 saturated carbocycles. The van der Waals surface area contributed by atoms with Gasteiger partial charge in [0, 0.05) is 154 Å². The molecule has 4 aromatic heterocycles. The molecular weight excluding hydrogens is 1510 g/mol. The van der Waals surface area contributed by atoms with E-state index < -0.39 is 77.7 Å². The third-order valence-electron chi connectivity index (χ3n) is 20.6. The Balaban J connectivity index is 0.000000233. The zero-order valence-corrected chi connectivity index (χ0v) is 63.9. The van der Waals surface area contributed by atoms with E-state index >= 15 is 0 Å². The number of aryl methyl sites for hydroxylation is 2. The van der Waals surface area contributed by atoms with Gasteiger partial charge in [0.05, 0.1) is 106 Å². The summed E-state index contributed by atoms with van der Waals surface area (Å²) in [5.41, 5.74) is 4.64. The van der Waals surface area contributed by atoms with Gasteiger partial charge in [0.15, 0.2) is 46.1 Å². The van der Waals surface area contributed by atoms with Crippen molar-refractivity contribution in [3.05, 3.63) is 143 Å². The van der Waals surface area contributed by atoms with E-state index in [4.69, 9.17) is 38.7 Å². The van der Waals surface area contributed by atoms with Crippen molar-refractivity contribution in [1.82, 2.24) is 60.6 Å². The minimum Gasteiger partial charge on any atom is -0.554 e. The van der Waals surface area contributed by atoms with E-state index in [9.17, 15) is 59.5 Å². The number of carboxylic acids is 1. The highest BCUT2D eigenvalue weighted by Gasteiger charge is 2.40. The summed E-state index contributed by atoms with van der Waals surface area (Å²) in [6.45, 7) is 13.3. The van der Waals surface area contributed by atoms with Gasteiger partial charge in [0.1, 0.15) is 18.1 Å². The van der Waals surface area contributed by atoms with Crippen LogP contribution in [0.4, 0.5) is 53.7 Å². The summed E-state index contributed by atoms with van der Waals surface area (Å²) in [5, 5.41) is 41.3. The Morgan fingerprint density at radius 1 is 0.579 bits per heavy atom. The zero-order chi connectivity index (χ0) is 82.8. The summed E-state index contributed by atoms with van der Waals surface area (Å²) in [7, 11) is 9.52. The van der Waals surface area contributed by atoms with E-state index in [-0.39, 0.29) is 59.4 Å². The SMILES string of the molecule is CCc1cc(Nc2nccn3c(-c4ccc(OC)c(F)c4F)cnc23)ccc1C(=O)N[C@@H](CNC(=O)C1CC[N+](C)(CC2CNC2)CC1)C(=O)OC.CCc1cc(Nc2nccn3c(-c4ccc(OC)c(F)c4F)cnc23)ccc1C(=O)N[C@@H](CNC(=O)C1CC[N+](C)(CC2CNC2)CC1)C(=O)OC.O=C([O-])C(F)(F)F.O=C[O-]. The molecule has 0 radical (unpaired) electrons. The number of ether oxygens (including phenoxy) is 4. The average Bonchev–Trinajstić information content (AvgIpc) is 1.61. The van der Waals surface area contributed by atoms with Crippen LogP contribution in [0, 0.1) is 46.9 Å². The number of rotatable bonds is 26. The number of hydrogen-bond acceptors (Lipinski definition) is 22. The number of alkyl halides is 3. The Morgan fingerprint density at radius 2 is 0.939 bits per heavy atom. The van der Waals surface area contributed by atoms with Gasteiger partial charge in [-0.3, -0.25) is 28.0 Å². The minimum atomic E-state index is -5.19. The van der Waals surface area contributed by atoms with Crippen molar-refractivity contribution in [3.8, 4) is 34.0 Å². The maximum Gasteiger partial charge on any atom is 0.430 e. The fourth-order valence-electron chi connectivity index (χ4n) is 14.1. The number of carbonyl (C=O) groups is 8. The predicted octanol–water partition coefficient (Wildman–Crippen LogP) is 4.57. The van der Waals surface area contributed by atoms with Crippen LogP contribution in [0.15, 0.2) is 97.8 Å². The second-order valence-electron chi connectivity index (χ2n) is 28.4. The van der Waals surface area contributed by atoms with Crippen molar-refractivity contribution in [3.63, 3.8) is 0 Å². The van der Waals surface area contributed by atoms with Crippen LogP contribution in [0.25, 0.3) is 33.8 Å². The maximum absolute atomic E-state index is 14.9. The first kappa shape index (κ1) is 86.4. The lowest BCUT2D eigenvalue weighted by Gasteiger charge is -2.44. The first-order valence-electron chi connectivity index (χ1n) is 36.7. The number of amides is 4. The Hall–Kier alpha value is -11.6. The Kier molecular flexibility index (Phi) is 29.4. The molecule has 4 fully saturated rings. The topological polar surface area (TPSA) is 376 Å². The van der Waals surface area contributed by atoms with Crippen molar-refractivity contribution in [2.75, 3.05) is 132 Å². The number of esters is 2. The number of nitrogens with zero attached hydrogens (tertiary/aromatic N) is 8. The van der Waals surface area contributed by atoms with Crippen molar-refractivity contribution < 1.29 is 107 Å². The largest absolute Gasteiger partial charge is 0.554 e. The molecule has 0 bridgehead atoms. The number of anilines is 4. The lowest BCUT2D eigenvalue weighted by molar-refractivity contribution is -0.918. The van der Waals surface area contributed by atoms with Crippen molar-refractivity contribution >= 4 is 82.3 Å². The molecule has 0 spiro atoms. The molecule has 8 aromatic rings. The number of nitrogens with one attached hydrogen (secondary N) is 8. The number of hydrogen-bond donors (Lipinski definition) is 8. The van der Waals surface area contributed by atoms with Crippen LogP contribution >= 0.6 is 0 Å². The average molecular weight is 1600 g/mol. The molecular formula is C77H91F7N16O14. The second kappa shape index (κ2) is 38.8. The maximum atomic E-state index is 14.9. The van der Waals surface area contributed by atoms with E-state index in [2.05, 4.69) is 76.6 Å². The number of piperidine rings is 2. The molecule has 8 heterocycles. The third-order valence-corrected chi connectivity index (χ3v) is 20.6. The summed E-state index contributed by atoms with van der Waals surface area (Å²) in [6, 6.07) is 13.6. The monoisotopic (exact) mass is 1600 g/mol. The molecule has 4 saturated heterocycles. The molecule has 4 aliphatic heterocycles. The number of aromatic nitrogens is 6. The van der Waals surface area contributed by atoms with Crippen LogP contribution in [0.2, 0.25) is 0 Å². The smallest absolute Gasteiger partial charge is 0.430 e. The van der Waals surface area contributed by atoms with E-state index in [0.29, 0.717) is 92.6 Å². The molecule has 0 unspecified atom stereocenters. The van der Waals surface area contributed by atoms with Gasteiger partial charge in [0.25, 0.3) is 11.8 Å². The highest BCUT2D eigenvalue weighted by Crippen LogP contribution is 2.35. The minimum absolute atomic E-state index is 0.00449. The van der Waals surface area contributed by atoms with E-state index in [0.717, 1.165) is 100 Å². The molecule has 0 aliphatic carbocycles. The number of fused-ring (bicyclic) bond motifs is 2. The number of methoxy groups -OCH3 is 4. The molecule has 114 heavy (non-hydrogen) atoms. The predicted molar refractivity (Wildman–Crippen MR) is 397 cm³/mol.